The molecule has 1 aliphatic carbocycles. The molecule has 0 radical (unpaired) electrons. The normalized spacial score (nSPS) is 16.9. The van der Waals surface area contributed by atoms with E-state index in [2.05, 4.69) is 17.4 Å². The second-order valence-corrected chi connectivity index (χ2v) is 5.87. The Balaban J connectivity index is 1.77. The first-order chi connectivity index (χ1) is 10.5. The smallest absolute Gasteiger partial charge is 0.278 e. The van der Waals surface area contributed by atoms with Gasteiger partial charge in [0, 0.05) is 23.2 Å². The molecule has 114 valence electrons. The molecule has 0 spiro atoms. The first kappa shape index (κ1) is 14.5. The third kappa shape index (κ3) is 2.79. The van der Waals surface area contributed by atoms with Gasteiger partial charge < -0.3 is 9.84 Å². The zero-order valence-corrected chi connectivity index (χ0v) is 12.7. The molecular formula is C17H18N2O3. The molecule has 0 aliphatic heterocycles. The van der Waals surface area contributed by atoms with Crippen LogP contribution in [0.25, 0.3) is 0 Å². The Hall–Kier alpha value is -2.43. The van der Waals surface area contributed by atoms with Crippen molar-refractivity contribution in [2.24, 2.45) is 5.92 Å². The molecule has 1 aliphatic rings. The maximum absolute atomic E-state index is 12.4. The van der Waals surface area contributed by atoms with Crippen LogP contribution in [0.4, 0.5) is 5.69 Å². The lowest BCUT2D eigenvalue weighted by Crippen LogP contribution is -2.17. The summed E-state index contributed by atoms with van der Waals surface area (Å²) in [6.45, 7) is 3.68. The molecule has 0 fully saturated rings. The number of carbonyl (C=O) groups is 2. The lowest BCUT2D eigenvalue weighted by Gasteiger charge is -2.16. The molecule has 22 heavy (non-hydrogen) atoms. The molecule has 1 aromatic carbocycles. The summed E-state index contributed by atoms with van der Waals surface area (Å²) in [5.74, 6) is 1.09. The minimum Gasteiger partial charge on any atom is -0.360 e. The van der Waals surface area contributed by atoms with Crippen molar-refractivity contribution in [3.63, 3.8) is 0 Å². The number of rotatable bonds is 3. The number of ketones is 1. The number of carbonyl (C=O) groups excluding carboxylic acids is 2. The highest BCUT2D eigenvalue weighted by Crippen LogP contribution is 2.28. The zero-order valence-electron chi connectivity index (χ0n) is 12.7. The average Bonchev–Trinajstić information content (AvgIpc) is 2.90. The van der Waals surface area contributed by atoms with Gasteiger partial charge in [-0.3, -0.25) is 9.59 Å². The third-order valence-corrected chi connectivity index (χ3v) is 4.05. The largest absolute Gasteiger partial charge is 0.360 e. The van der Waals surface area contributed by atoms with Gasteiger partial charge >= 0.3 is 0 Å². The molecule has 1 unspecified atom stereocenters. The fraction of sp³-hybridized carbons (Fsp3) is 0.353. The molecule has 5 heteroatoms. The van der Waals surface area contributed by atoms with Crippen molar-refractivity contribution in [3.8, 4) is 0 Å². The Bertz CT molecular complexity index is 716. The van der Waals surface area contributed by atoms with Crippen molar-refractivity contribution < 1.29 is 14.1 Å². The summed E-state index contributed by atoms with van der Waals surface area (Å²) < 4.78 is 5.29. The molecule has 1 atom stereocenters. The summed E-state index contributed by atoms with van der Waals surface area (Å²) in [7, 11) is 0. The number of anilines is 1. The van der Waals surface area contributed by atoms with E-state index in [0.717, 1.165) is 30.6 Å². The molecule has 1 heterocycles. The van der Waals surface area contributed by atoms with Crippen LogP contribution in [0, 0.1) is 5.92 Å². The van der Waals surface area contributed by atoms with Crippen LogP contribution in [0.5, 0.6) is 0 Å². The Morgan fingerprint density at radius 3 is 2.68 bits per heavy atom. The molecule has 3 rings (SSSR count). The number of amides is 1. The van der Waals surface area contributed by atoms with E-state index in [-0.39, 0.29) is 11.7 Å². The van der Waals surface area contributed by atoms with Crippen molar-refractivity contribution in [1.82, 2.24) is 5.16 Å². The number of fused-ring (bicyclic) bond motifs is 1. The summed E-state index contributed by atoms with van der Waals surface area (Å²) in [4.78, 5) is 23.6. The first-order valence-electron chi connectivity index (χ1n) is 7.44. The molecule has 1 amide bonds. The van der Waals surface area contributed by atoms with Gasteiger partial charge in [0.2, 0.25) is 0 Å². The van der Waals surface area contributed by atoms with Gasteiger partial charge in [0.05, 0.1) is 0 Å². The SMILES string of the molecule is CC(=O)c1ccc(NC(=O)c2noc3c2CC(C)CC3)cc1. The molecule has 0 saturated heterocycles. The summed E-state index contributed by atoms with van der Waals surface area (Å²) in [5.41, 5.74) is 2.55. The number of Topliss-reactive ketones (excluding diaryl/α,β-unsaturated/α-hetero) is 1. The van der Waals surface area contributed by atoms with Crippen LogP contribution in [0.3, 0.4) is 0 Å². The Labute approximate surface area is 128 Å². The van der Waals surface area contributed by atoms with Crippen LogP contribution in [0.1, 0.15) is 52.4 Å². The van der Waals surface area contributed by atoms with Gasteiger partial charge in [-0.2, -0.15) is 0 Å². The second-order valence-electron chi connectivity index (χ2n) is 5.87. The number of nitrogens with one attached hydrogen (secondary N) is 1. The highest BCUT2D eigenvalue weighted by atomic mass is 16.5. The van der Waals surface area contributed by atoms with Crippen LogP contribution in [0.2, 0.25) is 0 Å². The highest BCUT2D eigenvalue weighted by molar-refractivity contribution is 6.04. The Morgan fingerprint density at radius 2 is 2.00 bits per heavy atom. The van der Waals surface area contributed by atoms with E-state index in [1.807, 2.05) is 0 Å². The minimum atomic E-state index is -0.269. The van der Waals surface area contributed by atoms with Crippen molar-refractivity contribution in [2.75, 3.05) is 5.32 Å². The van der Waals surface area contributed by atoms with Crippen LogP contribution in [0.15, 0.2) is 28.8 Å². The summed E-state index contributed by atoms with van der Waals surface area (Å²) in [6.07, 6.45) is 2.73. The van der Waals surface area contributed by atoms with Crippen LogP contribution < -0.4 is 5.32 Å². The molecule has 1 N–H and O–H groups in total. The standard InChI is InChI=1S/C17H18N2O3/c1-10-3-8-15-14(9-10)16(19-22-15)17(21)18-13-6-4-12(5-7-13)11(2)20/h4-7,10H,3,8-9H2,1-2H3,(H,18,21). The first-order valence-corrected chi connectivity index (χ1v) is 7.44. The zero-order chi connectivity index (χ0) is 15.7. The predicted molar refractivity (Wildman–Crippen MR) is 82.1 cm³/mol. The number of hydrogen-bond acceptors (Lipinski definition) is 4. The van der Waals surface area contributed by atoms with Crippen molar-refractivity contribution in [2.45, 2.75) is 33.1 Å². The fourth-order valence-electron chi connectivity index (χ4n) is 2.74. The topological polar surface area (TPSA) is 72.2 Å². The third-order valence-electron chi connectivity index (χ3n) is 4.05. The molecule has 0 saturated carbocycles. The Kier molecular flexibility index (Phi) is 3.79. The van der Waals surface area contributed by atoms with Crippen LogP contribution in [-0.4, -0.2) is 16.8 Å². The van der Waals surface area contributed by atoms with E-state index in [1.54, 1.807) is 24.3 Å². The lowest BCUT2D eigenvalue weighted by molar-refractivity contribution is 0.101. The number of aromatic nitrogens is 1. The quantitative estimate of drug-likeness (QED) is 0.883. The Morgan fingerprint density at radius 1 is 1.27 bits per heavy atom. The molecule has 2 aromatic rings. The van der Waals surface area contributed by atoms with Crippen molar-refractivity contribution in [1.29, 1.82) is 0 Å². The maximum Gasteiger partial charge on any atom is 0.278 e. The summed E-state index contributed by atoms with van der Waals surface area (Å²) in [5, 5.41) is 6.74. The van der Waals surface area contributed by atoms with E-state index in [4.69, 9.17) is 4.52 Å². The summed E-state index contributed by atoms with van der Waals surface area (Å²) >= 11 is 0. The van der Waals surface area contributed by atoms with E-state index in [1.165, 1.54) is 6.92 Å². The van der Waals surface area contributed by atoms with Crippen LogP contribution in [-0.2, 0) is 12.8 Å². The summed E-state index contributed by atoms with van der Waals surface area (Å²) in [6, 6.07) is 6.81. The number of benzene rings is 1. The number of hydrogen-bond donors (Lipinski definition) is 1. The van der Waals surface area contributed by atoms with Gasteiger partial charge in [0.1, 0.15) is 5.76 Å². The van der Waals surface area contributed by atoms with Gasteiger partial charge in [-0.15, -0.1) is 0 Å². The maximum atomic E-state index is 12.4. The molecular weight excluding hydrogens is 280 g/mol. The molecule has 1 aromatic heterocycles. The fourth-order valence-corrected chi connectivity index (χ4v) is 2.74. The van der Waals surface area contributed by atoms with Gasteiger partial charge in [-0.05, 0) is 49.9 Å². The number of nitrogens with zero attached hydrogens (tertiary/aromatic N) is 1. The molecule has 5 nitrogen and oxygen atoms in total. The number of aryl methyl sites for hydroxylation is 1. The predicted octanol–water partition coefficient (Wildman–Crippen LogP) is 3.25. The van der Waals surface area contributed by atoms with Gasteiger partial charge in [-0.25, -0.2) is 0 Å². The molecule has 0 bridgehead atoms. The van der Waals surface area contributed by atoms with Crippen molar-refractivity contribution >= 4 is 17.4 Å². The van der Waals surface area contributed by atoms with Crippen LogP contribution >= 0.6 is 0 Å². The highest BCUT2D eigenvalue weighted by Gasteiger charge is 2.26. The van der Waals surface area contributed by atoms with Gasteiger partial charge in [-0.1, -0.05) is 12.1 Å². The monoisotopic (exact) mass is 298 g/mol. The van der Waals surface area contributed by atoms with E-state index in [0.29, 0.717) is 22.9 Å². The van der Waals surface area contributed by atoms with Gasteiger partial charge in [0.25, 0.3) is 5.91 Å². The second kappa shape index (κ2) is 5.75. The van der Waals surface area contributed by atoms with Gasteiger partial charge in [0.15, 0.2) is 11.5 Å². The lowest BCUT2D eigenvalue weighted by atomic mass is 9.88. The van der Waals surface area contributed by atoms with Crippen molar-refractivity contribution in [3.05, 3.63) is 46.8 Å². The van der Waals surface area contributed by atoms with E-state index >= 15 is 0 Å². The minimum absolute atomic E-state index is 0.00237. The van der Waals surface area contributed by atoms with E-state index in [9.17, 15) is 9.59 Å². The average molecular weight is 298 g/mol. The van der Waals surface area contributed by atoms with E-state index < -0.39 is 0 Å².